The third kappa shape index (κ3) is 2.58. The zero-order chi connectivity index (χ0) is 10.8. The maximum atomic E-state index is 11.8. The van der Waals surface area contributed by atoms with Crippen LogP contribution in [0.3, 0.4) is 0 Å². The van der Waals surface area contributed by atoms with Crippen molar-refractivity contribution in [3.63, 3.8) is 0 Å². The van der Waals surface area contributed by atoms with Crippen LogP contribution in [0.4, 0.5) is 13.2 Å². The second-order valence-corrected chi connectivity index (χ2v) is 3.11. The quantitative estimate of drug-likeness (QED) is 0.572. The van der Waals surface area contributed by atoms with Gasteiger partial charge in [0.05, 0.1) is 12.6 Å². The first-order valence-corrected chi connectivity index (χ1v) is 4.17. The molecule has 0 aromatic carbocycles. The molecule has 0 spiro atoms. The number of aliphatic hydroxyl groups excluding tert-OH is 1. The van der Waals surface area contributed by atoms with Crippen molar-refractivity contribution in [3.8, 4) is 0 Å². The summed E-state index contributed by atoms with van der Waals surface area (Å²) >= 11 is 0. The normalized spacial score (nSPS) is 27.7. The Morgan fingerprint density at radius 1 is 1.57 bits per heavy atom. The van der Waals surface area contributed by atoms with Crippen molar-refractivity contribution in [2.75, 3.05) is 13.2 Å². The molecule has 1 aliphatic heterocycles. The number of nitrogens with one attached hydrogen (secondary N) is 2. The minimum atomic E-state index is -4.86. The maximum absolute atomic E-state index is 11.8. The minimum absolute atomic E-state index is 0.289. The van der Waals surface area contributed by atoms with Crippen LogP contribution in [-0.2, 0) is 4.79 Å². The standard InChI is InChI=1S/C7H11F3N2O2/c8-7(9,10)6(14)12-4-1-2-11-5(4)3-13/h4-5,11,13H,1-3H2,(H,12,14). The maximum Gasteiger partial charge on any atom is 0.471 e. The Kier molecular flexibility index (Phi) is 3.33. The summed E-state index contributed by atoms with van der Waals surface area (Å²) in [4.78, 5) is 10.5. The predicted molar refractivity (Wildman–Crippen MR) is 41.5 cm³/mol. The van der Waals surface area contributed by atoms with E-state index in [4.69, 9.17) is 5.11 Å². The molecule has 1 saturated heterocycles. The van der Waals surface area contributed by atoms with Gasteiger partial charge < -0.3 is 15.7 Å². The molecule has 0 saturated carbocycles. The first kappa shape index (κ1) is 11.3. The van der Waals surface area contributed by atoms with E-state index in [1.54, 1.807) is 0 Å². The van der Waals surface area contributed by atoms with Crippen LogP contribution in [0.1, 0.15) is 6.42 Å². The van der Waals surface area contributed by atoms with Crippen molar-refractivity contribution in [1.29, 1.82) is 0 Å². The Bertz CT molecular complexity index is 219. The Morgan fingerprint density at radius 2 is 2.21 bits per heavy atom. The van der Waals surface area contributed by atoms with Gasteiger partial charge in [0.15, 0.2) is 0 Å². The summed E-state index contributed by atoms with van der Waals surface area (Å²) in [7, 11) is 0. The van der Waals surface area contributed by atoms with Crippen molar-refractivity contribution in [1.82, 2.24) is 10.6 Å². The van der Waals surface area contributed by atoms with E-state index < -0.39 is 24.2 Å². The van der Waals surface area contributed by atoms with Gasteiger partial charge in [0, 0.05) is 6.04 Å². The summed E-state index contributed by atoms with van der Waals surface area (Å²) in [6, 6.07) is -1.13. The fourth-order valence-electron chi connectivity index (χ4n) is 1.38. The second kappa shape index (κ2) is 4.14. The minimum Gasteiger partial charge on any atom is -0.395 e. The molecule has 4 nitrogen and oxygen atoms in total. The zero-order valence-corrected chi connectivity index (χ0v) is 7.27. The third-order valence-corrected chi connectivity index (χ3v) is 2.12. The summed E-state index contributed by atoms with van der Waals surface area (Å²) in [6.07, 6.45) is -4.46. The highest BCUT2D eigenvalue weighted by molar-refractivity contribution is 5.82. The monoisotopic (exact) mass is 212 g/mol. The molecule has 2 unspecified atom stereocenters. The summed E-state index contributed by atoms with van der Waals surface area (Å²) in [5.41, 5.74) is 0. The number of hydrogen-bond acceptors (Lipinski definition) is 3. The highest BCUT2D eigenvalue weighted by atomic mass is 19.4. The van der Waals surface area contributed by atoms with Gasteiger partial charge >= 0.3 is 12.1 Å². The van der Waals surface area contributed by atoms with Gasteiger partial charge in [-0.2, -0.15) is 13.2 Å². The lowest BCUT2D eigenvalue weighted by atomic mass is 10.1. The first-order chi connectivity index (χ1) is 6.45. The van der Waals surface area contributed by atoms with Crippen LogP contribution in [0.5, 0.6) is 0 Å². The lowest BCUT2D eigenvalue weighted by molar-refractivity contribution is -0.174. The lowest BCUT2D eigenvalue weighted by Crippen LogP contribution is -2.49. The van der Waals surface area contributed by atoms with E-state index >= 15 is 0 Å². The van der Waals surface area contributed by atoms with E-state index in [0.29, 0.717) is 13.0 Å². The van der Waals surface area contributed by atoms with Crippen molar-refractivity contribution >= 4 is 5.91 Å². The predicted octanol–water partition coefficient (Wildman–Crippen LogP) is -0.612. The summed E-state index contributed by atoms with van der Waals surface area (Å²) in [5, 5.41) is 13.4. The topological polar surface area (TPSA) is 61.4 Å². The van der Waals surface area contributed by atoms with Gasteiger partial charge in [0.2, 0.25) is 0 Å². The van der Waals surface area contributed by atoms with E-state index in [-0.39, 0.29) is 6.61 Å². The molecule has 1 fully saturated rings. The average Bonchev–Trinajstić information content (AvgIpc) is 2.50. The fourth-order valence-corrected chi connectivity index (χ4v) is 1.38. The molecule has 2 atom stereocenters. The number of carbonyl (C=O) groups excluding carboxylic acids is 1. The van der Waals surface area contributed by atoms with Gasteiger partial charge in [-0.1, -0.05) is 0 Å². The van der Waals surface area contributed by atoms with Gasteiger partial charge in [0.25, 0.3) is 0 Å². The number of alkyl halides is 3. The fraction of sp³-hybridized carbons (Fsp3) is 0.857. The van der Waals surface area contributed by atoms with Gasteiger partial charge in [-0.25, -0.2) is 0 Å². The van der Waals surface area contributed by atoms with Crippen molar-refractivity contribution in [2.45, 2.75) is 24.7 Å². The number of carbonyl (C=O) groups is 1. The van der Waals surface area contributed by atoms with Crippen molar-refractivity contribution in [3.05, 3.63) is 0 Å². The molecule has 1 amide bonds. The van der Waals surface area contributed by atoms with E-state index in [1.807, 2.05) is 5.32 Å². The summed E-state index contributed by atoms with van der Waals surface area (Å²) < 4.78 is 35.5. The molecule has 0 aliphatic carbocycles. The van der Waals surface area contributed by atoms with Gasteiger partial charge in [0.1, 0.15) is 0 Å². The lowest BCUT2D eigenvalue weighted by Gasteiger charge is -2.19. The van der Waals surface area contributed by atoms with E-state index in [0.717, 1.165) is 0 Å². The number of aliphatic hydroxyl groups is 1. The van der Waals surface area contributed by atoms with Gasteiger partial charge in [-0.15, -0.1) is 0 Å². The molecule has 14 heavy (non-hydrogen) atoms. The number of hydrogen-bond donors (Lipinski definition) is 3. The second-order valence-electron chi connectivity index (χ2n) is 3.11. The molecule has 1 aliphatic rings. The molecule has 0 aromatic heterocycles. The van der Waals surface area contributed by atoms with Crippen LogP contribution in [-0.4, -0.2) is 42.4 Å². The Labute approximate surface area is 78.5 Å². The van der Waals surface area contributed by atoms with Crippen LogP contribution in [0.2, 0.25) is 0 Å². The molecule has 3 N–H and O–H groups in total. The highest BCUT2D eigenvalue weighted by Crippen LogP contribution is 2.16. The van der Waals surface area contributed by atoms with Crippen LogP contribution < -0.4 is 10.6 Å². The van der Waals surface area contributed by atoms with Crippen LogP contribution >= 0.6 is 0 Å². The Hall–Kier alpha value is -0.820. The molecular formula is C7H11F3N2O2. The van der Waals surface area contributed by atoms with E-state index in [9.17, 15) is 18.0 Å². The molecule has 82 valence electrons. The van der Waals surface area contributed by atoms with Crippen LogP contribution in [0.25, 0.3) is 0 Å². The SMILES string of the molecule is O=C(NC1CCNC1CO)C(F)(F)F. The third-order valence-electron chi connectivity index (χ3n) is 2.12. The Balaban J connectivity index is 2.48. The van der Waals surface area contributed by atoms with Crippen LogP contribution in [0.15, 0.2) is 0 Å². The van der Waals surface area contributed by atoms with Crippen molar-refractivity contribution < 1.29 is 23.1 Å². The first-order valence-electron chi connectivity index (χ1n) is 4.17. The van der Waals surface area contributed by atoms with E-state index in [2.05, 4.69) is 5.32 Å². The summed E-state index contributed by atoms with van der Waals surface area (Å²) in [6.45, 7) is 0.205. The molecule has 7 heteroatoms. The van der Waals surface area contributed by atoms with Gasteiger partial charge in [-0.05, 0) is 13.0 Å². The molecule has 0 bridgehead atoms. The van der Waals surface area contributed by atoms with E-state index in [1.165, 1.54) is 0 Å². The molecular weight excluding hydrogens is 201 g/mol. The van der Waals surface area contributed by atoms with Crippen molar-refractivity contribution in [2.24, 2.45) is 0 Å². The molecule has 0 radical (unpaired) electrons. The molecule has 1 heterocycles. The smallest absolute Gasteiger partial charge is 0.395 e. The number of halogens is 3. The van der Waals surface area contributed by atoms with Crippen LogP contribution in [0, 0.1) is 0 Å². The molecule has 0 aromatic rings. The highest BCUT2D eigenvalue weighted by Gasteiger charge is 2.41. The average molecular weight is 212 g/mol. The Morgan fingerprint density at radius 3 is 2.71 bits per heavy atom. The zero-order valence-electron chi connectivity index (χ0n) is 7.27. The van der Waals surface area contributed by atoms with Gasteiger partial charge in [-0.3, -0.25) is 4.79 Å². The largest absolute Gasteiger partial charge is 0.471 e. The summed E-state index contributed by atoms with van der Waals surface area (Å²) in [5.74, 6) is -1.95. The molecule has 1 rings (SSSR count). The number of rotatable bonds is 2. The number of amides is 1.